The first-order valence-corrected chi connectivity index (χ1v) is 7.21. The summed E-state index contributed by atoms with van der Waals surface area (Å²) in [7, 11) is 2.56. The number of carbonyl (C=O) groups is 2. The first-order valence-electron chi connectivity index (χ1n) is 6.30. The number of aromatic nitrogens is 3. The molecule has 3 atom stereocenters. The highest BCUT2D eigenvalue weighted by Crippen LogP contribution is 2.21. The summed E-state index contributed by atoms with van der Waals surface area (Å²) in [6.07, 6.45) is 1.36. The number of ether oxygens (including phenoxy) is 2. The molecule has 0 radical (unpaired) electrons. The molecule has 1 N–H and O–H groups in total. The second kappa shape index (κ2) is 8.08. The molecule has 1 aromatic heterocycles. The van der Waals surface area contributed by atoms with Gasteiger partial charge in [-0.05, 0) is 19.8 Å². The number of halogens is 1. The third-order valence-electron chi connectivity index (χ3n) is 2.90. The monoisotopic (exact) mass is 363 g/mol. The van der Waals surface area contributed by atoms with E-state index in [2.05, 4.69) is 31.0 Å². The summed E-state index contributed by atoms with van der Waals surface area (Å²) in [5.74, 6) is -0.913. The number of methoxy groups -OCH3 is 2. The van der Waals surface area contributed by atoms with Crippen LogP contribution in [0.15, 0.2) is 6.20 Å². The van der Waals surface area contributed by atoms with Crippen LogP contribution in [0.1, 0.15) is 37.6 Å². The van der Waals surface area contributed by atoms with E-state index in [-0.39, 0.29) is 0 Å². The van der Waals surface area contributed by atoms with Gasteiger partial charge in [0.05, 0.1) is 26.5 Å². The fraction of sp³-hybridized carbons (Fsp3) is 0.667. The highest BCUT2D eigenvalue weighted by molar-refractivity contribution is 9.10. The molecule has 3 unspecified atom stereocenters. The van der Waals surface area contributed by atoms with Gasteiger partial charge in [0.25, 0.3) is 0 Å². The van der Waals surface area contributed by atoms with E-state index in [4.69, 9.17) is 4.74 Å². The van der Waals surface area contributed by atoms with Gasteiger partial charge in [-0.25, -0.2) is 9.48 Å². The summed E-state index contributed by atoms with van der Waals surface area (Å²) < 4.78 is 10.7. The zero-order valence-corrected chi connectivity index (χ0v) is 13.6. The Morgan fingerprint density at radius 1 is 1.33 bits per heavy atom. The average molecular weight is 364 g/mol. The van der Waals surface area contributed by atoms with Gasteiger partial charge in [0, 0.05) is 0 Å². The van der Waals surface area contributed by atoms with E-state index in [1.54, 1.807) is 6.92 Å². The molecule has 21 heavy (non-hydrogen) atoms. The van der Waals surface area contributed by atoms with Crippen molar-refractivity contribution >= 4 is 27.9 Å². The van der Waals surface area contributed by atoms with E-state index < -0.39 is 28.9 Å². The van der Waals surface area contributed by atoms with E-state index in [1.165, 1.54) is 25.1 Å². The van der Waals surface area contributed by atoms with Crippen LogP contribution in [-0.2, 0) is 19.1 Å². The second-order valence-electron chi connectivity index (χ2n) is 4.41. The van der Waals surface area contributed by atoms with Crippen LogP contribution < -0.4 is 0 Å². The Labute approximate surface area is 130 Å². The van der Waals surface area contributed by atoms with Crippen molar-refractivity contribution < 1.29 is 24.2 Å². The fourth-order valence-corrected chi connectivity index (χ4v) is 2.13. The van der Waals surface area contributed by atoms with Crippen molar-refractivity contribution in [3.05, 3.63) is 11.9 Å². The van der Waals surface area contributed by atoms with Gasteiger partial charge in [-0.15, -0.1) is 5.10 Å². The van der Waals surface area contributed by atoms with Crippen LogP contribution >= 0.6 is 15.9 Å². The zero-order valence-electron chi connectivity index (χ0n) is 12.0. The largest absolute Gasteiger partial charge is 0.468 e. The molecule has 0 saturated carbocycles. The van der Waals surface area contributed by atoms with Gasteiger partial charge in [0.1, 0.15) is 10.5 Å². The van der Waals surface area contributed by atoms with Crippen molar-refractivity contribution in [2.75, 3.05) is 14.2 Å². The summed E-state index contributed by atoms with van der Waals surface area (Å²) in [5, 5.41) is 17.0. The standard InChI is InChI=1S/C12H18BrN3O5/c1-7(17)9-6-16(15-14-9)10(12(19)21-3)5-4-8(13)11(18)20-2/h6-8,10,17H,4-5H2,1-3H3. The van der Waals surface area contributed by atoms with Gasteiger partial charge in [-0.2, -0.15) is 0 Å². The van der Waals surface area contributed by atoms with Crippen molar-refractivity contribution in [2.24, 2.45) is 0 Å². The second-order valence-corrected chi connectivity index (χ2v) is 5.51. The Kier molecular flexibility index (Phi) is 6.76. The number of rotatable bonds is 7. The van der Waals surface area contributed by atoms with Crippen LogP contribution in [0.4, 0.5) is 0 Å². The molecule has 0 aliphatic heterocycles. The minimum Gasteiger partial charge on any atom is -0.468 e. The first kappa shape index (κ1) is 17.6. The van der Waals surface area contributed by atoms with Crippen LogP contribution in [0.5, 0.6) is 0 Å². The number of hydrogen-bond donors (Lipinski definition) is 1. The molecule has 1 aromatic rings. The molecule has 0 bridgehead atoms. The summed E-state index contributed by atoms with van der Waals surface area (Å²) in [4.78, 5) is 22.7. The Bertz CT molecular complexity index is 491. The lowest BCUT2D eigenvalue weighted by Crippen LogP contribution is -2.24. The van der Waals surface area contributed by atoms with Crippen LogP contribution in [0.3, 0.4) is 0 Å². The Balaban J connectivity index is 2.80. The third-order valence-corrected chi connectivity index (χ3v) is 3.73. The maximum Gasteiger partial charge on any atom is 0.330 e. The van der Waals surface area contributed by atoms with E-state index in [1.807, 2.05) is 0 Å². The predicted molar refractivity (Wildman–Crippen MR) is 75.7 cm³/mol. The van der Waals surface area contributed by atoms with Crippen molar-refractivity contribution in [1.82, 2.24) is 15.0 Å². The minimum absolute atomic E-state index is 0.306. The summed E-state index contributed by atoms with van der Waals surface area (Å²) >= 11 is 3.19. The lowest BCUT2D eigenvalue weighted by atomic mass is 10.1. The van der Waals surface area contributed by atoms with Crippen molar-refractivity contribution in [3.63, 3.8) is 0 Å². The number of aliphatic hydroxyl groups is 1. The summed E-state index contributed by atoms with van der Waals surface area (Å²) in [6.45, 7) is 1.55. The molecular weight excluding hydrogens is 346 g/mol. The van der Waals surface area contributed by atoms with Crippen LogP contribution in [0.2, 0.25) is 0 Å². The molecule has 9 heteroatoms. The highest BCUT2D eigenvalue weighted by atomic mass is 79.9. The molecule has 0 aliphatic carbocycles. The van der Waals surface area contributed by atoms with Crippen molar-refractivity contribution in [1.29, 1.82) is 0 Å². The maximum absolute atomic E-state index is 11.8. The Hall–Kier alpha value is -1.48. The van der Waals surface area contributed by atoms with Crippen LogP contribution in [0, 0.1) is 0 Å². The van der Waals surface area contributed by atoms with Gasteiger partial charge < -0.3 is 14.6 Å². The Morgan fingerprint density at radius 3 is 2.43 bits per heavy atom. The maximum atomic E-state index is 11.8. The lowest BCUT2D eigenvalue weighted by Gasteiger charge is -2.15. The molecule has 0 amide bonds. The van der Waals surface area contributed by atoms with Crippen molar-refractivity contribution in [3.8, 4) is 0 Å². The van der Waals surface area contributed by atoms with Gasteiger partial charge in [-0.1, -0.05) is 21.1 Å². The smallest absolute Gasteiger partial charge is 0.330 e. The van der Waals surface area contributed by atoms with Gasteiger partial charge in [0.2, 0.25) is 0 Å². The number of aliphatic hydroxyl groups excluding tert-OH is 1. The molecule has 1 rings (SSSR count). The SMILES string of the molecule is COC(=O)C(Br)CCC(C(=O)OC)n1cc(C(C)O)nn1. The zero-order chi connectivity index (χ0) is 16.0. The molecular formula is C12H18BrN3O5. The molecule has 118 valence electrons. The van der Waals surface area contributed by atoms with Gasteiger partial charge in [0.15, 0.2) is 6.04 Å². The molecule has 0 saturated heterocycles. The number of alkyl halides is 1. The van der Waals surface area contributed by atoms with Crippen molar-refractivity contribution in [2.45, 2.75) is 36.7 Å². The van der Waals surface area contributed by atoms with Gasteiger partial charge in [-0.3, -0.25) is 4.79 Å². The molecule has 0 spiro atoms. The van der Waals surface area contributed by atoms with E-state index in [9.17, 15) is 14.7 Å². The molecule has 0 aliphatic rings. The normalized spacial score (nSPS) is 15.1. The quantitative estimate of drug-likeness (QED) is 0.563. The van der Waals surface area contributed by atoms with E-state index >= 15 is 0 Å². The highest BCUT2D eigenvalue weighted by Gasteiger charge is 2.26. The van der Waals surface area contributed by atoms with Crippen LogP contribution in [0.25, 0.3) is 0 Å². The number of esters is 2. The third kappa shape index (κ3) is 4.78. The van der Waals surface area contributed by atoms with Gasteiger partial charge >= 0.3 is 11.9 Å². The lowest BCUT2D eigenvalue weighted by molar-refractivity contribution is -0.146. The topological polar surface area (TPSA) is 104 Å². The minimum atomic E-state index is -0.781. The first-order chi connectivity index (χ1) is 9.90. The predicted octanol–water partition coefficient (Wildman–Crippen LogP) is 0.762. The number of carbonyl (C=O) groups excluding carboxylic acids is 2. The molecule has 0 aromatic carbocycles. The average Bonchev–Trinajstić information content (AvgIpc) is 2.95. The Morgan fingerprint density at radius 2 is 1.95 bits per heavy atom. The number of nitrogens with zero attached hydrogens (tertiary/aromatic N) is 3. The molecule has 0 fully saturated rings. The number of hydrogen-bond acceptors (Lipinski definition) is 7. The fourth-order valence-electron chi connectivity index (χ4n) is 1.68. The van der Waals surface area contributed by atoms with E-state index in [0.29, 0.717) is 18.5 Å². The van der Waals surface area contributed by atoms with E-state index in [0.717, 1.165) is 0 Å². The molecule has 8 nitrogen and oxygen atoms in total. The van der Waals surface area contributed by atoms with Crippen LogP contribution in [-0.4, -0.2) is 51.1 Å². The molecule has 1 heterocycles. The summed E-state index contributed by atoms with van der Waals surface area (Å²) in [6, 6.07) is -0.722. The summed E-state index contributed by atoms with van der Waals surface area (Å²) in [5.41, 5.74) is 0.354.